The van der Waals surface area contributed by atoms with Gasteiger partial charge in [-0.15, -0.1) is 0 Å². The average Bonchev–Trinajstić information content (AvgIpc) is 3.03. The van der Waals surface area contributed by atoms with Gasteiger partial charge in [-0.2, -0.15) is 0 Å². The van der Waals surface area contributed by atoms with E-state index >= 15 is 0 Å². The number of rotatable bonds is 5. The number of halogens is 2. The second-order valence-corrected chi connectivity index (χ2v) is 5.46. The molecular weight excluding hydrogens is 330 g/mol. The van der Waals surface area contributed by atoms with Crippen LogP contribution >= 0.6 is 0 Å². The minimum atomic E-state index is -2.69. The Morgan fingerprint density at radius 2 is 2.08 bits per heavy atom. The lowest BCUT2D eigenvalue weighted by Gasteiger charge is -2.09. The van der Waals surface area contributed by atoms with Gasteiger partial charge >= 0.3 is 0 Å². The number of carbonyl (C=O) groups excluding carboxylic acids is 1. The summed E-state index contributed by atoms with van der Waals surface area (Å²) >= 11 is 0. The van der Waals surface area contributed by atoms with Gasteiger partial charge in [0.1, 0.15) is 0 Å². The summed E-state index contributed by atoms with van der Waals surface area (Å²) < 4.78 is 30.6. The molecule has 0 bridgehead atoms. The Labute approximate surface area is 142 Å². The van der Waals surface area contributed by atoms with Gasteiger partial charge in [-0.25, -0.2) is 18.7 Å². The number of aryl methyl sites for hydroxylation is 1. The number of imidazole rings is 1. The maximum atomic E-state index is 12.7. The Balaban J connectivity index is 1.76. The highest BCUT2D eigenvalue weighted by Crippen LogP contribution is 2.21. The van der Waals surface area contributed by atoms with Crippen molar-refractivity contribution in [2.75, 3.05) is 7.11 Å². The van der Waals surface area contributed by atoms with E-state index in [1.54, 1.807) is 6.07 Å². The minimum Gasteiger partial charge on any atom is -0.481 e. The largest absolute Gasteiger partial charge is 0.481 e. The summed E-state index contributed by atoms with van der Waals surface area (Å²) in [6.07, 6.45) is -2.69. The molecular formula is C17H16F2N4O2. The van der Waals surface area contributed by atoms with Crippen LogP contribution in [0.5, 0.6) is 5.88 Å². The summed E-state index contributed by atoms with van der Waals surface area (Å²) in [5.74, 6) is -0.299. The predicted octanol–water partition coefficient (Wildman–Crippen LogP) is 3.14. The summed E-state index contributed by atoms with van der Waals surface area (Å²) in [5, 5.41) is 2.76. The topological polar surface area (TPSA) is 79.9 Å². The molecule has 0 radical (unpaired) electrons. The lowest BCUT2D eigenvalue weighted by atomic mass is 10.2. The number of benzene rings is 1. The average molecular weight is 346 g/mol. The highest BCUT2D eigenvalue weighted by molar-refractivity contribution is 5.97. The molecule has 0 unspecified atom stereocenters. The van der Waals surface area contributed by atoms with Crippen molar-refractivity contribution in [1.29, 1.82) is 0 Å². The molecule has 2 aromatic heterocycles. The first-order valence-electron chi connectivity index (χ1n) is 7.54. The second kappa shape index (κ2) is 6.84. The van der Waals surface area contributed by atoms with Gasteiger partial charge in [0.05, 0.1) is 18.1 Å². The number of hydrogen-bond acceptors (Lipinski definition) is 4. The molecule has 6 nitrogen and oxygen atoms in total. The molecule has 0 saturated heterocycles. The van der Waals surface area contributed by atoms with Crippen LogP contribution in [0.15, 0.2) is 30.3 Å². The lowest BCUT2D eigenvalue weighted by Crippen LogP contribution is -2.23. The van der Waals surface area contributed by atoms with Gasteiger partial charge in [-0.3, -0.25) is 4.79 Å². The molecule has 0 fully saturated rings. The molecule has 0 atom stereocenters. The smallest absolute Gasteiger partial charge is 0.295 e. The number of amides is 1. The zero-order chi connectivity index (χ0) is 18.0. The summed E-state index contributed by atoms with van der Waals surface area (Å²) in [4.78, 5) is 22.9. The van der Waals surface area contributed by atoms with Crippen LogP contribution in [-0.4, -0.2) is 28.0 Å². The quantitative estimate of drug-likeness (QED) is 0.744. The maximum absolute atomic E-state index is 12.7. The van der Waals surface area contributed by atoms with Crippen LogP contribution in [0.4, 0.5) is 8.78 Å². The van der Waals surface area contributed by atoms with Gasteiger partial charge in [-0.1, -0.05) is 6.07 Å². The first-order valence-corrected chi connectivity index (χ1v) is 7.54. The van der Waals surface area contributed by atoms with Crippen molar-refractivity contribution in [3.05, 3.63) is 53.0 Å². The third-order valence-electron chi connectivity index (χ3n) is 3.68. The molecule has 0 saturated carbocycles. The molecule has 3 rings (SSSR count). The monoisotopic (exact) mass is 346 g/mol. The Hall–Kier alpha value is -3.03. The lowest BCUT2D eigenvalue weighted by molar-refractivity contribution is 0.0950. The minimum absolute atomic E-state index is 0.235. The van der Waals surface area contributed by atoms with Gasteiger partial charge in [0.2, 0.25) is 5.88 Å². The number of methoxy groups -OCH3 is 1. The number of pyridine rings is 1. The zero-order valence-corrected chi connectivity index (χ0v) is 13.6. The summed E-state index contributed by atoms with van der Waals surface area (Å²) in [5.41, 5.74) is 2.67. The fourth-order valence-electron chi connectivity index (χ4n) is 2.42. The van der Waals surface area contributed by atoms with E-state index in [1.165, 1.54) is 19.2 Å². The van der Waals surface area contributed by atoms with E-state index in [0.29, 0.717) is 22.5 Å². The maximum Gasteiger partial charge on any atom is 0.295 e. The van der Waals surface area contributed by atoms with Crippen molar-refractivity contribution in [2.24, 2.45) is 0 Å². The number of aromatic amines is 1. The molecule has 2 heterocycles. The van der Waals surface area contributed by atoms with Gasteiger partial charge in [0.15, 0.2) is 5.82 Å². The Morgan fingerprint density at radius 3 is 2.80 bits per heavy atom. The van der Waals surface area contributed by atoms with Crippen LogP contribution in [0, 0.1) is 6.92 Å². The molecule has 0 aliphatic carbocycles. The van der Waals surface area contributed by atoms with E-state index < -0.39 is 12.2 Å². The van der Waals surface area contributed by atoms with Crippen molar-refractivity contribution in [3.63, 3.8) is 0 Å². The van der Waals surface area contributed by atoms with Gasteiger partial charge < -0.3 is 15.0 Å². The first kappa shape index (κ1) is 16.8. The predicted molar refractivity (Wildman–Crippen MR) is 87.7 cm³/mol. The van der Waals surface area contributed by atoms with E-state index in [2.05, 4.69) is 20.3 Å². The number of H-pyrrole nitrogens is 1. The molecule has 25 heavy (non-hydrogen) atoms. The van der Waals surface area contributed by atoms with Gasteiger partial charge in [0.25, 0.3) is 12.3 Å². The Kier molecular flexibility index (Phi) is 4.60. The fourth-order valence-corrected chi connectivity index (χ4v) is 2.42. The number of carbonyl (C=O) groups is 1. The van der Waals surface area contributed by atoms with Crippen molar-refractivity contribution < 1.29 is 18.3 Å². The fraction of sp³-hybridized carbons (Fsp3) is 0.235. The highest BCUT2D eigenvalue weighted by atomic mass is 19.3. The molecule has 8 heteroatoms. The van der Waals surface area contributed by atoms with Crippen LogP contribution in [0.3, 0.4) is 0 Å². The Bertz CT molecular complexity index is 924. The molecule has 0 aliphatic rings. The normalized spacial score (nSPS) is 11.1. The summed E-state index contributed by atoms with van der Waals surface area (Å²) in [7, 11) is 1.51. The summed E-state index contributed by atoms with van der Waals surface area (Å²) in [6.45, 7) is 2.08. The van der Waals surface area contributed by atoms with Crippen LogP contribution in [0.25, 0.3) is 11.0 Å². The van der Waals surface area contributed by atoms with Crippen molar-refractivity contribution in [3.8, 4) is 5.88 Å². The summed E-state index contributed by atoms with van der Waals surface area (Å²) in [6, 6.07) is 8.22. The van der Waals surface area contributed by atoms with E-state index in [4.69, 9.17) is 4.74 Å². The Morgan fingerprint density at radius 1 is 1.28 bits per heavy atom. The number of ether oxygens (including phenoxy) is 1. The number of nitrogens with zero attached hydrogens (tertiary/aromatic N) is 2. The van der Waals surface area contributed by atoms with Gasteiger partial charge in [-0.05, 0) is 31.2 Å². The molecule has 1 amide bonds. The van der Waals surface area contributed by atoms with E-state index in [0.717, 1.165) is 11.3 Å². The standard InChI is InChI=1S/C17H16F2N4O2/c1-9-3-4-11(17(21-9)25-2)8-20-16(24)10-5-6-12-13(7-10)23-15(22-12)14(18)19/h3-7,14H,8H2,1-2H3,(H,20,24)(H,22,23). The molecule has 1 aromatic carbocycles. The number of alkyl halides is 2. The van der Waals surface area contributed by atoms with Crippen LogP contribution in [0.1, 0.15) is 33.9 Å². The van der Waals surface area contributed by atoms with Crippen LogP contribution in [-0.2, 0) is 6.54 Å². The van der Waals surface area contributed by atoms with E-state index in [1.807, 2.05) is 19.1 Å². The number of nitrogens with one attached hydrogen (secondary N) is 2. The molecule has 0 aliphatic heterocycles. The van der Waals surface area contributed by atoms with Crippen LogP contribution in [0.2, 0.25) is 0 Å². The molecule has 2 N–H and O–H groups in total. The van der Waals surface area contributed by atoms with Gasteiger partial charge in [0, 0.05) is 23.4 Å². The molecule has 130 valence electrons. The third kappa shape index (κ3) is 3.57. The number of fused-ring (bicyclic) bond motifs is 1. The van der Waals surface area contributed by atoms with Crippen molar-refractivity contribution in [1.82, 2.24) is 20.3 Å². The number of aromatic nitrogens is 3. The van der Waals surface area contributed by atoms with Crippen molar-refractivity contribution in [2.45, 2.75) is 19.9 Å². The molecule has 3 aromatic rings. The first-order chi connectivity index (χ1) is 12.0. The van der Waals surface area contributed by atoms with Crippen LogP contribution < -0.4 is 10.1 Å². The zero-order valence-electron chi connectivity index (χ0n) is 13.6. The second-order valence-electron chi connectivity index (χ2n) is 5.46. The SMILES string of the molecule is COc1nc(C)ccc1CNC(=O)c1ccc2nc(C(F)F)[nH]c2c1. The third-order valence-corrected chi connectivity index (χ3v) is 3.68. The highest BCUT2D eigenvalue weighted by Gasteiger charge is 2.14. The van der Waals surface area contributed by atoms with E-state index in [-0.39, 0.29) is 12.5 Å². The number of hydrogen-bond donors (Lipinski definition) is 2. The van der Waals surface area contributed by atoms with Crippen molar-refractivity contribution >= 4 is 16.9 Å². The molecule has 0 spiro atoms. The van der Waals surface area contributed by atoms with E-state index in [9.17, 15) is 13.6 Å².